The van der Waals surface area contributed by atoms with Gasteiger partial charge in [0.25, 0.3) is 0 Å². The molecule has 0 bridgehead atoms. The molecule has 5 nitrogen and oxygen atoms in total. The molecule has 0 unspecified atom stereocenters. The van der Waals surface area contributed by atoms with Crippen molar-refractivity contribution in [2.45, 2.75) is 6.42 Å². The van der Waals surface area contributed by atoms with Crippen LogP contribution in [0.1, 0.15) is 6.42 Å². The normalized spacial score (nSPS) is 9.91. The molecule has 0 aromatic heterocycles. The van der Waals surface area contributed by atoms with Crippen molar-refractivity contribution in [1.29, 1.82) is 0 Å². The van der Waals surface area contributed by atoms with E-state index in [4.69, 9.17) is 14.2 Å². The Bertz CT molecular complexity index is 628. The van der Waals surface area contributed by atoms with Crippen LogP contribution in [0.5, 0.6) is 17.2 Å². The number of anilines is 1. The smallest absolute Gasteiger partial charge is 0.227 e. The zero-order valence-electron chi connectivity index (χ0n) is 12.7. The number of carbonyl (C=O) groups is 1. The summed E-state index contributed by atoms with van der Waals surface area (Å²) in [7, 11) is 3.17. The van der Waals surface area contributed by atoms with Crippen molar-refractivity contribution in [1.82, 2.24) is 0 Å². The number of hydrogen-bond donors (Lipinski definition) is 1. The summed E-state index contributed by atoms with van der Waals surface area (Å²) >= 11 is 0. The zero-order valence-corrected chi connectivity index (χ0v) is 12.7. The highest BCUT2D eigenvalue weighted by Gasteiger charge is 2.06. The van der Waals surface area contributed by atoms with Gasteiger partial charge in [0.1, 0.15) is 5.75 Å². The molecule has 0 aliphatic carbocycles. The monoisotopic (exact) mass is 301 g/mol. The molecule has 1 N–H and O–H groups in total. The summed E-state index contributed by atoms with van der Waals surface area (Å²) in [5.74, 6) is 1.85. The molecule has 0 aliphatic heterocycles. The fraction of sp³-hybridized carbons (Fsp3) is 0.235. The van der Waals surface area contributed by atoms with Crippen LogP contribution in [0.25, 0.3) is 0 Å². The summed E-state index contributed by atoms with van der Waals surface area (Å²) in [6.07, 6.45) is 0.245. The molecule has 2 aromatic carbocycles. The lowest BCUT2D eigenvalue weighted by Gasteiger charge is -2.10. The Morgan fingerprint density at radius 2 is 1.77 bits per heavy atom. The molecule has 0 spiro atoms. The maximum atomic E-state index is 11.9. The predicted molar refractivity (Wildman–Crippen MR) is 84.7 cm³/mol. The van der Waals surface area contributed by atoms with Crippen LogP contribution < -0.4 is 19.5 Å². The molecule has 0 saturated carbocycles. The van der Waals surface area contributed by atoms with Gasteiger partial charge in [0.15, 0.2) is 11.5 Å². The number of hydrogen-bond acceptors (Lipinski definition) is 4. The molecule has 0 saturated heterocycles. The lowest BCUT2D eigenvalue weighted by atomic mass is 10.3. The first-order chi connectivity index (χ1) is 10.7. The van der Waals surface area contributed by atoms with E-state index in [9.17, 15) is 4.79 Å². The van der Waals surface area contributed by atoms with Gasteiger partial charge in [-0.3, -0.25) is 4.79 Å². The molecular weight excluding hydrogens is 282 g/mol. The van der Waals surface area contributed by atoms with E-state index in [1.165, 1.54) is 0 Å². The van der Waals surface area contributed by atoms with E-state index < -0.39 is 0 Å². The van der Waals surface area contributed by atoms with Crippen molar-refractivity contribution < 1.29 is 19.0 Å². The van der Waals surface area contributed by atoms with E-state index >= 15 is 0 Å². The van der Waals surface area contributed by atoms with Gasteiger partial charge in [-0.1, -0.05) is 18.2 Å². The first kappa shape index (κ1) is 15.7. The Hall–Kier alpha value is -2.69. The minimum Gasteiger partial charge on any atom is -0.497 e. The summed E-state index contributed by atoms with van der Waals surface area (Å²) in [6, 6.07) is 14.5. The van der Waals surface area contributed by atoms with Crippen molar-refractivity contribution in [2.75, 3.05) is 26.1 Å². The Morgan fingerprint density at radius 1 is 1.00 bits per heavy atom. The van der Waals surface area contributed by atoms with Crippen LogP contribution in [0.3, 0.4) is 0 Å². The van der Waals surface area contributed by atoms with Crippen molar-refractivity contribution >= 4 is 11.6 Å². The van der Waals surface area contributed by atoms with Gasteiger partial charge < -0.3 is 19.5 Å². The average molecular weight is 301 g/mol. The van der Waals surface area contributed by atoms with Gasteiger partial charge in [-0.25, -0.2) is 0 Å². The summed E-state index contributed by atoms with van der Waals surface area (Å²) in [5.41, 5.74) is 0.696. The Kier molecular flexibility index (Phi) is 5.65. The molecule has 5 heteroatoms. The lowest BCUT2D eigenvalue weighted by Crippen LogP contribution is -2.15. The largest absolute Gasteiger partial charge is 0.497 e. The molecule has 0 radical (unpaired) electrons. The third-order valence-corrected chi connectivity index (χ3v) is 3.01. The molecule has 0 heterocycles. The second kappa shape index (κ2) is 7.93. The molecule has 1 amide bonds. The highest BCUT2D eigenvalue weighted by Crippen LogP contribution is 2.25. The fourth-order valence-corrected chi connectivity index (χ4v) is 1.92. The highest BCUT2D eigenvalue weighted by molar-refractivity contribution is 5.90. The van der Waals surface area contributed by atoms with Crippen LogP contribution in [0, 0.1) is 0 Å². The van der Waals surface area contributed by atoms with E-state index in [-0.39, 0.29) is 18.9 Å². The van der Waals surface area contributed by atoms with Crippen molar-refractivity contribution in [3.8, 4) is 17.2 Å². The van der Waals surface area contributed by atoms with Crippen LogP contribution >= 0.6 is 0 Å². The summed E-state index contributed by atoms with van der Waals surface area (Å²) in [6.45, 7) is 0.274. The van der Waals surface area contributed by atoms with Crippen LogP contribution in [0.4, 0.5) is 5.69 Å². The third-order valence-electron chi connectivity index (χ3n) is 3.01. The number of amides is 1. The first-order valence-electron chi connectivity index (χ1n) is 6.92. The number of nitrogens with one attached hydrogen (secondary N) is 1. The van der Waals surface area contributed by atoms with Crippen molar-refractivity contribution in [3.05, 3.63) is 48.5 Å². The number of rotatable bonds is 7. The highest BCUT2D eigenvalue weighted by atomic mass is 16.5. The summed E-state index contributed by atoms with van der Waals surface area (Å²) in [4.78, 5) is 11.9. The molecule has 2 aromatic rings. The predicted octanol–water partition coefficient (Wildman–Crippen LogP) is 3.11. The van der Waals surface area contributed by atoms with Crippen molar-refractivity contribution in [2.24, 2.45) is 0 Å². The molecular formula is C17H19NO4. The minimum atomic E-state index is -0.122. The number of para-hydroxylation sites is 2. The summed E-state index contributed by atoms with van der Waals surface area (Å²) in [5, 5.41) is 2.80. The van der Waals surface area contributed by atoms with E-state index in [2.05, 4.69) is 5.32 Å². The molecule has 0 atom stereocenters. The molecule has 116 valence electrons. The van der Waals surface area contributed by atoms with Crippen LogP contribution in [-0.4, -0.2) is 26.7 Å². The quantitative estimate of drug-likeness (QED) is 0.853. The molecule has 0 aliphatic rings. The minimum absolute atomic E-state index is 0.122. The van der Waals surface area contributed by atoms with Crippen LogP contribution in [0.15, 0.2) is 48.5 Å². The second-order valence-electron chi connectivity index (χ2n) is 4.53. The Balaban J connectivity index is 1.82. The van der Waals surface area contributed by atoms with Crippen molar-refractivity contribution in [3.63, 3.8) is 0 Å². The SMILES string of the molecule is COc1cccc(NC(=O)CCOc2ccccc2OC)c1. The van der Waals surface area contributed by atoms with Gasteiger partial charge in [-0.15, -0.1) is 0 Å². The lowest BCUT2D eigenvalue weighted by molar-refractivity contribution is -0.116. The Labute approximate surface area is 129 Å². The van der Waals surface area contributed by atoms with Gasteiger partial charge >= 0.3 is 0 Å². The van der Waals surface area contributed by atoms with Gasteiger partial charge in [0.2, 0.25) is 5.91 Å². The van der Waals surface area contributed by atoms with Gasteiger partial charge in [-0.2, -0.15) is 0 Å². The first-order valence-corrected chi connectivity index (χ1v) is 6.92. The number of methoxy groups -OCH3 is 2. The summed E-state index contributed by atoms with van der Waals surface area (Å²) < 4.78 is 15.9. The number of ether oxygens (including phenoxy) is 3. The van der Waals surface area contributed by atoms with E-state index in [0.717, 1.165) is 0 Å². The Morgan fingerprint density at radius 3 is 2.50 bits per heavy atom. The van der Waals surface area contributed by atoms with Gasteiger partial charge in [-0.05, 0) is 24.3 Å². The number of benzene rings is 2. The zero-order chi connectivity index (χ0) is 15.8. The van der Waals surface area contributed by atoms with E-state index in [1.54, 1.807) is 26.4 Å². The molecule has 22 heavy (non-hydrogen) atoms. The van der Waals surface area contributed by atoms with Crippen LogP contribution in [0.2, 0.25) is 0 Å². The molecule has 2 rings (SSSR count). The second-order valence-corrected chi connectivity index (χ2v) is 4.53. The molecule has 0 fully saturated rings. The van der Waals surface area contributed by atoms with Gasteiger partial charge in [0.05, 0.1) is 27.2 Å². The maximum Gasteiger partial charge on any atom is 0.227 e. The maximum absolute atomic E-state index is 11.9. The van der Waals surface area contributed by atoms with E-state index in [1.807, 2.05) is 36.4 Å². The average Bonchev–Trinajstić information content (AvgIpc) is 2.55. The van der Waals surface area contributed by atoms with E-state index in [0.29, 0.717) is 22.9 Å². The third kappa shape index (κ3) is 4.41. The topological polar surface area (TPSA) is 56.8 Å². The standard InChI is InChI=1S/C17H19NO4/c1-20-14-7-5-6-13(12-14)18-17(19)10-11-22-16-9-4-3-8-15(16)21-2/h3-9,12H,10-11H2,1-2H3,(H,18,19). The van der Waals surface area contributed by atoms with Crippen LogP contribution in [-0.2, 0) is 4.79 Å². The fourth-order valence-electron chi connectivity index (χ4n) is 1.92. The van der Waals surface area contributed by atoms with Gasteiger partial charge in [0, 0.05) is 11.8 Å². The number of carbonyl (C=O) groups excluding carboxylic acids is 1.